The minimum absolute atomic E-state index is 0.0462. The van der Waals surface area contributed by atoms with Gasteiger partial charge in [0.05, 0.1) is 23.0 Å². The smallest absolute Gasteiger partial charge is 0.305 e. The van der Waals surface area contributed by atoms with Crippen LogP contribution in [0.1, 0.15) is 25.7 Å². The fourth-order valence-corrected chi connectivity index (χ4v) is 3.93. The number of carboxylic acids is 1. The lowest BCUT2D eigenvalue weighted by molar-refractivity contribution is -0.142. The maximum absolute atomic E-state index is 13.1. The number of carboxylic acid groups (broad SMARTS) is 1. The molecule has 1 N–H and O–H groups in total. The van der Waals surface area contributed by atoms with E-state index in [0.29, 0.717) is 36.8 Å². The summed E-state index contributed by atoms with van der Waals surface area (Å²) in [5.41, 5.74) is 0.600. The molecule has 0 radical (unpaired) electrons. The van der Waals surface area contributed by atoms with Crippen molar-refractivity contribution >= 4 is 35.1 Å². The number of halogens is 1. The largest absolute Gasteiger partial charge is 0.481 e. The van der Waals surface area contributed by atoms with Crippen molar-refractivity contribution in [1.82, 2.24) is 4.90 Å². The summed E-state index contributed by atoms with van der Waals surface area (Å²) in [6.45, 7) is 1.51. The van der Waals surface area contributed by atoms with E-state index in [9.17, 15) is 14.4 Å². The average molecular weight is 395 g/mol. The molecule has 1 atom stereocenters. The second kappa shape index (κ2) is 8.71. The molecule has 2 aliphatic rings. The number of rotatable bonds is 6. The van der Waals surface area contributed by atoms with Gasteiger partial charge in [0.2, 0.25) is 11.8 Å². The maximum Gasteiger partial charge on any atom is 0.305 e. The number of hydrogen-bond acceptors (Lipinski definition) is 4. The minimum atomic E-state index is -0.944. The molecule has 2 saturated heterocycles. The predicted octanol–water partition coefficient (Wildman–Crippen LogP) is 2.18. The zero-order chi connectivity index (χ0) is 19.4. The molecule has 2 aliphatic heterocycles. The molecule has 0 spiro atoms. The van der Waals surface area contributed by atoms with Crippen molar-refractivity contribution in [3.05, 3.63) is 29.3 Å². The van der Waals surface area contributed by atoms with Gasteiger partial charge in [-0.3, -0.25) is 14.4 Å². The number of aliphatic carboxylic acids is 1. The van der Waals surface area contributed by atoms with Crippen molar-refractivity contribution in [2.45, 2.75) is 31.7 Å². The molecular formula is C19H23ClN2O5. The molecule has 8 heteroatoms. The molecule has 3 rings (SSSR count). The van der Waals surface area contributed by atoms with Crippen LogP contribution in [0.3, 0.4) is 0 Å². The Bertz CT molecular complexity index is 720. The third kappa shape index (κ3) is 4.59. The first-order chi connectivity index (χ1) is 13.0. The lowest BCUT2D eigenvalue weighted by Crippen LogP contribution is -2.47. The van der Waals surface area contributed by atoms with Crippen LogP contribution in [0.2, 0.25) is 5.02 Å². The van der Waals surface area contributed by atoms with E-state index in [1.54, 1.807) is 34.1 Å². The zero-order valence-corrected chi connectivity index (χ0v) is 15.7. The summed E-state index contributed by atoms with van der Waals surface area (Å²) in [4.78, 5) is 39.8. The van der Waals surface area contributed by atoms with Crippen molar-refractivity contribution in [1.29, 1.82) is 0 Å². The third-order valence-corrected chi connectivity index (χ3v) is 5.42. The first-order valence-electron chi connectivity index (χ1n) is 9.12. The van der Waals surface area contributed by atoms with Gasteiger partial charge in [0.15, 0.2) is 0 Å². The molecule has 0 aromatic heterocycles. The highest BCUT2D eigenvalue weighted by atomic mass is 35.5. The van der Waals surface area contributed by atoms with Crippen LogP contribution in [0.4, 0.5) is 5.69 Å². The number of carbonyl (C=O) groups is 3. The van der Waals surface area contributed by atoms with Crippen molar-refractivity contribution in [2.75, 3.05) is 31.2 Å². The summed E-state index contributed by atoms with van der Waals surface area (Å²) >= 11 is 6.20. The SMILES string of the molecule is O=C(O)CCN(C(=O)C1CC(=O)N(c2ccccc2Cl)C1)C1CCOCC1. The highest BCUT2D eigenvalue weighted by Crippen LogP contribution is 2.32. The van der Waals surface area contributed by atoms with Gasteiger partial charge >= 0.3 is 5.97 Å². The van der Waals surface area contributed by atoms with Crippen LogP contribution in [-0.4, -0.2) is 60.1 Å². The Morgan fingerprint density at radius 3 is 2.63 bits per heavy atom. The number of ether oxygens (including phenoxy) is 1. The number of anilines is 1. The highest BCUT2D eigenvalue weighted by molar-refractivity contribution is 6.33. The topological polar surface area (TPSA) is 87.2 Å². The van der Waals surface area contributed by atoms with E-state index < -0.39 is 11.9 Å². The normalized spacial score (nSPS) is 20.7. The van der Waals surface area contributed by atoms with Gasteiger partial charge in [0.25, 0.3) is 0 Å². The summed E-state index contributed by atoms with van der Waals surface area (Å²) < 4.78 is 5.35. The second-order valence-electron chi connectivity index (χ2n) is 6.88. The second-order valence-corrected chi connectivity index (χ2v) is 7.28. The maximum atomic E-state index is 13.1. The number of carbonyl (C=O) groups excluding carboxylic acids is 2. The lowest BCUT2D eigenvalue weighted by atomic mass is 10.0. The Kier molecular flexibility index (Phi) is 6.34. The predicted molar refractivity (Wildman–Crippen MR) is 99.7 cm³/mol. The minimum Gasteiger partial charge on any atom is -0.481 e. The lowest BCUT2D eigenvalue weighted by Gasteiger charge is -2.35. The van der Waals surface area contributed by atoms with E-state index in [1.807, 2.05) is 0 Å². The first kappa shape index (κ1) is 19.6. The van der Waals surface area contributed by atoms with Crippen LogP contribution < -0.4 is 4.90 Å². The number of benzene rings is 1. The number of nitrogens with zero attached hydrogens (tertiary/aromatic N) is 2. The molecular weight excluding hydrogens is 372 g/mol. The average Bonchev–Trinajstić information content (AvgIpc) is 3.04. The van der Waals surface area contributed by atoms with Gasteiger partial charge in [-0.25, -0.2) is 0 Å². The van der Waals surface area contributed by atoms with Gasteiger partial charge in [0.1, 0.15) is 0 Å². The summed E-state index contributed by atoms with van der Waals surface area (Å²) in [5.74, 6) is -1.75. The highest BCUT2D eigenvalue weighted by Gasteiger charge is 2.39. The van der Waals surface area contributed by atoms with Crippen LogP contribution in [-0.2, 0) is 19.1 Å². The van der Waals surface area contributed by atoms with Crippen molar-refractivity contribution in [2.24, 2.45) is 5.92 Å². The number of para-hydroxylation sites is 1. The molecule has 146 valence electrons. The molecule has 27 heavy (non-hydrogen) atoms. The molecule has 2 amide bonds. The Hall–Kier alpha value is -2.12. The molecule has 0 bridgehead atoms. The fraction of sp³-hybridized carbons (Fsp3) is 0.526. The van der Waals surface area contributed by atoms with Gasteiger partial charge in [-0.15, -0.1) is 0 Å². The summed E-state index contributed by atoms with van der Waals surface area (Å²) in [6, 6.07) is 7.00. The van der Waals surface area contributed by atoms with Gasteiger partial charge in [-0.05, 0) is 25.0 Å². The first-order valence-corrected chi connectivity index (χ1v) is 9.50. The zero-order valence-electron chi connectivity index (χ0n) is 15.0. The van der Waals surface area contributed by atoms with Gasteiger partial charge in [-0.1, -0.05) is 23.7 Å². The quantitative estimate of drug-likeness (QED) is 0.799. The third-order valence-electron chi connectivity index (χ3n) is 5.10. The van der Waals surface area contributed by atoms with Gasteiger partial charge in [-0.2, -0.15) is 0 Å². The van der Waals surface area contributed by atoms with E-state index in [-0.39, 0.29) is 43.8 Å². The fourth-order valence-electron chi connectivity index (χ4n) is 3.70. The monoisotopic (exact) mass is 394 g/mol. The Morgan fingerprint density at radius 2 is 1.96 bits per heavy atom. The molecule has 0 saturated carbocycles. The van der Waals surface area contributed by atoms with E-state index in [2.05, 4.69) is 0 Å². The Balaban J connectivity index is 1.74. The van der Waals surface area contributed by atoms with Crippen molar-refractivity contribution in [3.8, 4) is 0 Å². The van der Waals surface area contributed by atoms with E-state index >= 15 is 0 Å². The molecule has 0 aliphatic carbocycles. The van der Waals surface area contributed by atoms with E-state index in [1.165, 1.54) is 0 Å². The standard InChI is InChI=1S/C19H23ClN2O5/c20-15-3-1-2-4-16(15)22-12-13(11-17(22)23)19(26)21(8-5-18(24)25)14-6-9-27-10-7-14/h1-4,13-14H,5-12H2,(H,24,25). The van der Waals surface area contributed by atoms with Crippen LogP contribution in [0.5, 0.6) is 0 Å². The molecule has 2 heterocycles. The van der Waals surface area contributed by atoms with Crippen molar-refractivity contribution in [3.63, 3.8) is 0 Å². The molecule has 1 aromatic carbocycles. The Labute approximate surface area is 162 Å². The van der Waals surface area contributed by atoms with Gasteiger partial charge < -0.3 is 19.6 Å². The summed E-state index contributed by atoms with van der Waals surface area (Å²) in [6.07, 6.45) is 1.36. The summed E-state index contributed by atoms with van der Waals surface area (Å²) in [5, 5.41) is 9.50. The molecule has 7 nitrogen and oxygen atoms in total. The molecule has 1 aromatic rings. The molecule has 1 unspecified atom stereocenters. The van der Waals surface area contributed by atoms with Crippen LogP contribution in [0, 0.1) is 5.92 Å². The van der Waals surface area contributed by atoms with E-state index in [4.69, 9.17) is 21.4 Å². The van der Waals surface area contributed by atoms with Crippen LogP contribution in [0.25, 0.3) is 0 Å². The van der Waals surface area contributed by atoms with Crippen molar-refractivity contribution < 1.29 is 24.2 Å². The Morgan fingerprint density at radius 1 is 1.26 bits per heavy atom. The van der Waals surface area contributed by atoms with Gasteiger partial charge in [0, 0.05) is 38.8 Å². The molecule has 2 fully saturated rings. The van der Waals surface area contributed by atoms with Crippen LogP contribution >= 0.6 is 11.6 Å². The summed E-state index contributed by atoms with van der Waals surface area (Å²) in [7, 11) is 0. The van der Waals surface area contributed by atoms with E-state index in [0.717, 1.165) is 0 Å². The number of amides is 2. The van der Waals surface area contributed by atoms with Crippen LogP contribution in [0.15, 0.2) is 24.3 Å². The number of hydrogen-bond donors (Lipinski definition) is 1.